The predicted molar refractivity (Wildman–Crippen MR) is 72.9 cm³/mol. The fourth-order valence-corrected chi connectivity index (χ4v) is 2.52. The van der Waals surface area contributed by atoms with Crippen molar-refractivity contribution < 1.29 is 28.7 Å². The van der Waals surface area contributed by atoms with Gasteiger partial charge in [0.1, 0.15) is 12.4 Å². The molecule has 0 aromatic heterocycles. The van der Waals surface area contributed by atoms with Crippen LogP contribution in [0.4, 0.5) is 4.39 Å². The van der Waals surface area contributed by atoms with Crippen molar-refractivity contribution in [3.8, 4) is 0 Å². The number of rotatable bonds is 3. The van der Waals surface area contributed by atoms with Crippen LogP contribution < -0.4 is 5.32 Å². The number of benzene rings is 1. The number of ketones is 2. The second kappa shape index (κ2) is 5.32. The summed E-state index contributed by atoms with van der Waals surface area (Å²) < 4.78 is 13.4. The molecule has 0 heterocycles. The zero-order valence-electron chi connectivity index (χ0n) is 12.0. The maximum Gasteiger partial charge on any atom is 0.322 e. The minimum Gasteiger partial charge on any atom is -0.480 e. The predicted octanol–water partition coefficient (Wildman–Crippen LogP) is 0.686. The minimum atomic E-state index is -1.62. The Labute approximate surface area is 125 Å². The van der Waals surface area contributed by atoms with E-state index in [4.69, 9.17) is 5.11 Å². The summed E-state index contributed by atoms with van der Waals surface area (Å²) in [4.78, 5) is 47.3. The van der Waals surface area contributed by atoms with Crippen molar-refractivity contribution in [2.45, 2.75) is 19.3 Å². The van der Waals surface area contributed by atoms with E-state index in [0.717, 1.165) is 12.1 Å². The Bertz CT molecular complexity index is 695. The van der Waals surface area contributed by atoms with Crippen LogP contribution in [0.15, 0.2) is 18.2 Å². The molecule has 2 rings (SSSR count). The van der Waals surface area contributed by atoms with Gasteiger partial charge in [-0.05, 0) is 37.6 Å². The minimum absolute atomic E-state index is 0.0986. The van der Waals surface area contributed by atoms with Crippen LogP contribution in [-0.4, -0.2) is 35.1 Å². The molecule has 0 saturated heterocycles. The normalized spacial score (nSPS) is 19.5. The molecule has 116 valence electrons. The lowest BCUT2D eigenvalue weighted by molar-refractivity contribution is -0.140. The average molecular weight is 307 g/mol. The van der Waals surface area contributed by atoms with Crippen LogP contribution in [0.25, 0.3) is 0 Å². The maximum atomic E-state index is 13.4. The van der Waals surface area contributed by atoms with Crippen molar-refractivity contribution in [2.75, 3.05) is 6.54 Å². The molecule has 0 radical (unpaired) electrons. The summed E-state index contributed by atoms with van der Waals surface area (Å²) in [6.45, 7) is 2.31. The Morgan fingerprint density at radius 2 is 1.95 bits per heavy atom. The number of halogens is 1. The molecular formula is C15H14FNO5. The standard InChI is InChI=1S/C15H14FNO5/c1-15(2)9-5-7(16)3-4-8(9)12(20)11(13(15)21)14(22)17-6-10(18)19/h3-5,11H,6H2,1-2H3,(H,17,22)(H,18,19). The van der Waals surface area contributed by atoms with Crippen molar-refractivity contribution >= 4 is 23.4 Å². The Morgan fingerprint density at radius 3 is 2.55 bits per heavy atom. The SMILES string of the molecule is CC1(C)C(=O)C(C(=O)NCC(=O)O)C(=O)c2ccc(F)cc21. The summed E-state index contributed by atoms with van der Waals surface area (Å²) in [6, 6.07) is 3.42. The topological polar surface area (TPSA) is 101 Å². The number of amides is 1. The van der Waals surface area contributed by atoms with Gasteiger partial charge in [0.15, 0.2) is 17.5 Å². The van der Waals surface area contributed by atoms with Crippen molar-refractivity contribution in [1.29, 1.82) is 0 Å². The molecule has 1 unspecified atom stereocenters. The largest absolute Gasteiger partial charge is 0.480 e. The highest BCUT2D eigenvalue weighted by Crippen LogP contribution is 2.37. The van der Waals surface area contributed by atoms with E-state index >= 15 is 0 Å². The van der Waals surface area contributed by atoms with E-state index in [1.54, 1.807) is 0 Å². The first-order valence-electron chi connectivity index (χ1n) is 6.54. The second-order valence-corrected chi connectivity index (χ2v) is 5.59. The molecule has 1 aromatic carbocycles. The van der Waals surface area contributed by atoms with Crippen LogP contribution in [0.5, 0.6) is 0 Å². The van der Waals surface area contributed by atoms with Crippen molar-refractivity contribution in [2.24, 2.45) is 5.92 Å². The number of hydrogen-bond acceptors (Lipinski definition) is 4. The molecule has 2 N–H and O–H groups in total. The lowest BCUT2D eigenvalue weighted by atomic mass is 9.66. The van der Waals surface area contributed by atoms with Gasteiger partial charge in [0.2, 0.25) is 5.91 Å². The fourth-order valence-electron chi connectivity index (χ4n) is 2.52. The summed E-state index contributed by atoms with van der Waals surface area (Å²) >= 11 is 0. The highest BCUT2D eigenvalue weighted by Gasteiger charge is 2.49. The van der Waals surface area contributed by atoms with Crippen molar-refractivity contribution in [3.05, 3.63) is 35.1 Å². The van der Waals surface area contributed by atoms with E-state index < -0.39 is 47.1 Å². The van der Waals surface area contributed by atoms with Crippen LogP contribution in [-0.2, 0) is 19.8 Å². The van der Waals surface area contributed by atoms with Gasteiger partial charge in [-0.3, -0.25) is 19.2 Å². The molecule has 1 amide bonds. The molecule has 22 heavy (non-hydrogen) atoms. The highest BCUT2D eigenvalue weighted by atomic mass is 19.1. The van der Waals surface area contributed by atoms with Crippen LogP contribution in [0.3, 0.4) is 0 Å². The lowest BCUT2D eigenvalue weighted by Gasteiger charge is -2.34. The van der Waals surface area contributed by atoms with Crippen LogP contribution in [0.2, 0.25) is 0 Å². The monoisotopic (exact) mass is 307 g/mol. The molecule has 0 fully saturated rings. The van der Waals surface area contributed by atoms with E-state index in [1.807, 2.05) is 5.32 Å². The number of carbonyl (C=O) groups is 4. The first-order chi connectivity index (χ1) is 10.2. The van der Waals surface area contributed by atoms with Gasteiger partial charge >= 0.3 is 5.97 Å². The van der Waals surface area contributed by atoms with Crippen LogP contribution in [0.1, 0.15) is 29.8 Å². The molecule has 0 spiro atoms. The number of carboxylic acid groups (broad SMARTS) is 1. The summed E-state index contributed by atoms with van der Waals surface area (Å²) in [5.74, 6) is -5.87. The van der Waals surface area contributed by atoms with E-state index in [9.17, 15) is 23.6 Å². The number of carbonyl (C=O) groups excluding carboxylic acids is 3. The third-order valence-electron chi connectivity index (χ3n) is 3.74. The highest BCUT2D eigenvalue weighted by molar-refractivity contribution is 6.28. The first kappa shape index (κ1) is 15.8. The van der Waals surface area contributed by atoms with Crippen molar-refractivity contribution in [3.63, 3.8) is 0 Å². The lowest BCUT2D eigenvalue weighted by Crippen LogP contribution is -2.51. The number of hydrogen-bond donors (Lipinski definition) is 2. The average Bonchev–Trinajstić information content (AvgIpc) is 2.43. The fraction of sp³-hybridized carbons (Fsp3) is 0.333. The third kappa shape index (κ3) is 2.49. The number of Topliss-reactive ketones (excluding diaryl/α,β-unsaturated/α-hetero) is 2. The molecule has 0 saturated carbocycles. The van der Waals surface area contributed by atoms with Crippen LogP contribution in [0, 0.1) is 11.7 Å². The Morgan fingerprint density at radius 1 is 1.32 bits per heavy atom. The van der Waals surface area contributed by atoms with E-state index in [0.29, 0.717) is 0 Å². The molecule has 0 aliphatic heterocycles. The van der Waals surface area contributed by atoms with E-state index in [2.05, 4.69) is 0 Å². The number of fused-ring (bicyclic) bond motifs is 1. The first-order valence-corrected chi connectivity index (χ1v) is 6.54. The smallest absolute Gasteiger partial charge is 0.322 e. The molecular weight excluding hydrogens is 293 g/mol. The van der Waals surface area contributed by atoms with Crippen LogP contribution >= 0.6 is 0 Å². The van der Waals surface area contributed by atoms with Gasteiger partial charge in [0.25, 0.3) is 0 Å². The molecule has 1 aromatic rings. The molecule has 0 bridgehead atoms. The Kier molecular flexibility index (Phi) is 3.83. The van der Waals surface area contributed by atoms with E-state index in [-0.39, 0.29) is 11.1 Å². The van der Waals surface area contributed by atoms with Gasteiger partial charge in [-0.15, -0.1) is 0 Å². The van der Waals surface area contributed by atoms with Crippen molar-refractivity contribution in [1.82, 2.24) is 5.32 Å². The maximum absolute atomic E-state index is 13.4. The summed E-state index contributed by atoms with van der Waals surface area (Å²) in [5, 5.41) is 10.6. The quantitative estimate of drug-likeness (QED) is 0.800. The van der Waals surface area contributed by atoms with E-state index in [1.165, 1.54) is 19.9 Å². The summed E-state index contributed by atoms with van der Waals surface area (Å²) in [7, 11) is 0. The second-order valence-electron chi connectivity index (χ2n) is 5.59. The molecule has 7 heteroatoms. The number of carboxylic acids is 1. The molecule has 1 atom stereocenters. The summed E-state index contributed by atoms with van der Waals surface area (Å²) in [6.07, 6.45) is 0. The summed E-state index contributed by atoms with van der Waals surface area (Å²) in [5.41, 5.74) is -0.900. The zero-order valence-corrected chi connectivity index (χ0v) is 12.0. The van der Waals surface area contributed by atoms with Gasteiger partial charge < -0.3 is 10.4 Å². The third-order valence-corrected chi connectivity index (χ3v) is 3.74. The Hall–Kier alpha value is -2.57. The zero-order chi connectivity index (χ0) is 16.7. The molecule has 6 nitrogen and oxygen atoms in total. The van der Waals surface area contributed by atoms with Gasteiger partial charge in [0, 0.05) is 5.56 Å². The number of aliphatic carboxylic acids is 1. The molecule has 1 aliphatic carbocycles. The molecule has 1 aliphatic rings. The number of nitrogens with one attached hydrogen (secondary N) is 1. The Balaban J connectivity index is 2.46. The van der Waals surface area contributed by atoms with Gasteiger partial charge in [-0.25, -0.2) is 4.39 Å². The van der Waals surface area contributed by atoms with Gasteiger partial charge in [-0.1, -0.05) is 0 Å². The van der Waals surface area contributed by atoms with Gasteiger partial charge in [-0.2, -0.15) is 0 Å². The van der Waals surface area contributed by atoms with Gasteiger partial charge in [0.05, 0.1) is 5.41 Å².